The largest absolute Gasteiger partial charge is 0.476 e. The molecule has 4 rings (SSSR count). The zero-order valence-electron chi connectivity index (χ0n) is 18.7. The second-order valence-corrected chi connectivity index (χ2v) is 8.57. The number of nitrogens with zero attached hydrogens (tertiary/aromatic N) is 1. The molecule has 0 aliphatic rings. The molecule has 0 amide bonds. The van der Waals surface area contributed by atoms with Gasteiger partial charge in [-0.3, -0.25) is 4.79 Å². The molecule has 1 atom stereocenters. The zero-order valence-corrected chi connectivity index (χ0v) is 19.4. The number of hydrogen-bond donors (Lipinski definition) is 2. The van der Waals surface area contributed by atoms with Crippen LogP contribution in [0.15, 0.2) is 57.7 Å². The van der Waals surface area contributed by atoms with E-state index < -0.39 is 5.97 Å². The van der Waals surface area contributed by atoms with Gasteiger partial charge in [-0.1, -0.05) is 41.4 Å². The second-order valence-electron chi connectivity index (χ2n) is 8.19. The lowest BCUT2D eigenvalue weighted by Gasteiger charge is -2.19. The molecular weight excluding hydrogens is 440 g/mol. The number of aromatic nitrogens is 1. The van der Waals surface area contributed by atoms with E-state index in [1.165, 1.54) is 6.07 Å². The first-order valence-electron chi connectivity index (χ1n) is 10.5. The second kappa shape index (κ2) is 8.71. The van der Waals surface area contributed by atoms with E-state index in [0.717, 1.165) is 22.3 Å². The lowest BCUT2D eigenvalue weighted by Crippen LogP contribution is -2.14. The third kappa shape index (κ3) is 4.34. The minimum atomic E-state index is -1.19. The molecule has 2 N–H and O–H groups in total. The van der Waals surface area contributed by atoms with Crippen LogP contribution in [0.3, 0.4) is 0 Å². The molecule has 0 fully saturated rings. The van der Waals surface area contributed by atoms with Gasteiger partial charge in [-0.2, -0.15) is 0 Å². The maximum atomic E-state index is 13.3. The molecule has 0 saturated carbocycles. The number of carboxylic acids is 1. The lowest BCUT2D eigenvalue weighted by molar-refractivity contribution is 0.0691. The molecule has 7 heteroatoms. The minimum Gasteiger partial charge on any atom is -0.476 e. The molecule has 168 valence electrons. The predicted octanol–water partition coefficient (Wildman–Crippen LogP) is 6.30. The standard InChI is InChI=1S/C26H23ClN2O4/c1-13-6-5-7-17(10-13)24-15(3)23(30)19-12-14(2)11-18(25(19)33-24)16(4)28-20-8-9-21(27)29-22(20)26(31)32/h5-12,16,28H,1-4H3,(H,31,32). The minimum absolute atomic E-state index is 0.0932. The molecule has 0 radical (unpaired) electrons. The molecule has 0 saturated heterocycles. The molecule has 0 spiro atoms. The number of rotatable bonds is 5. The Kier molecular flexibility index (Phi) is 5.95. The number of anilines is 1. The van der Waals surface area contributed by atoms with E-state index in [4.69, 9.17) is 16.0 Å². The van der Waals surface area contributed by atoms with Crippen molar-refractivity contribution in [3.05, 3.63) is 91.9 Å². The van der Waals surface area contributed by atoms with E-state index >= 15 is 0 Å². The number of benzene rings is 2. The number of aryl methyl sites for hydroxylation is 2. The van der Waals surface area contributed by atoms with Crippen LogP contribution in [-0.2, 0) is 0 Å². The Morgan fingerprint density at radius 3 is 2.55 bits per heavy atom. The summed E-state index contributed by atoms with van der Waals surface area (Å²) >= 11 is 5.88. The van der Waals surface area contributed by atoms with Crippen LogP contribution in [-0.4, -0.2) is 16.1 Å². The normalized spacial score (nSPS) is 12.0. The summed E-state index contributed by atoms with van der Waals surface area (Å²) in [7, 11) is 0. The monoisotopic (exact) mass is 462 g/mol. The summed E-state index contributed by atoms with van der Waals surface area (Å²) in [6, 6.07) is 14.3. The van der Waals surface area contributed by atoms with Gasteiger partial charge in [0.15, 0.2) is 11.1 Å². The van der Waals surface area contributed by atoms with Crippen molar-refractivity contribution in [2.45, 2.75) is 33.7 Å². The first kappa shape index (κ1) is 22.6. The molecule has 33 heavy (non-hydrogen) atoms. The quantitative estimate of drug-likeness (QED) is 0.338. The van der Waals surface area contributed by atoms with Gasteiger partial charge in [-0.25, -0.2) is 9.78 Å². The van der Waals surface area contributed by atoms with E-state index in [9.17, 15) is 14.7 Å². The number of halogens is 1. The SMILES string of the molecule is Cc1cccc(-c2oc3c(C(C)Nc4ccc(Cl)nc4C(=O)O)cc(C)cc3c(=O)c2C)c1. The highest BCUT2D eigenvalue weighted by Crippen LogP contribution is 2.33. The maximum absolute atomic E-state index is 13.3. The Hall–Kier alpha value is -3.64. The van der Waals surface area contributed by atoms with E-state index in [-0.39, 0.29) is 22.3 Å². The van der Waals surface area contributed by atoms with Crippen molar-refractivity contribution in [3.8, 4) is 11.3 Å². The number of hydrogen-bond acceptors (Lipinski definition) is 5. The summed E-state index contributed by atoms with van der Waals surface area (Å²) in [5.41, 5.74) is 4.58. The summed E-state index contributed by atoms with van der Waals surface area (Å²) in [6.45, 7) is 7.54. The predicted molar refractivity (Wildman–Crippen MR) is 130 cm³/mol. The molecule has 0 aliphatic heterocycles. The summed E-state index contributed by atoms with van der Waals surface area (Å²) in [6.07, 6.45) is 0. The third-order valence-electron chi connectivity index (χ3n) is 5.57. The zero-order chi connectivity index (χ0) is 23.9. The lowest BCUT2D eigenvalue weighted by atomic mass is 9.98. The fraction of sp³-hybridized carbons (Fsp3) is 0.192. The van der Waals surface area contributed by atoms with Crippen LogP contribution in [0.2, 0.25) is 5.15 Å². The fourth-order valence-electron chi connectivity index (χ4n) is 3.98. The highest BCUT2D eigenvalue weighted by atomic mass is 35.5. The summed E-state index contributed by atoms with van der Waals surface area (Å²) in [5, 5.41) is 13.3. The molecule has 4 aromatic rings. The van der Waals surface area contributed by atoms with Gasteiger partial charge in [0, 0.05) is 16.7 Å². The van der Waals surface area contributed by atoms with Crippen molar-refractivity contribution < 1.29 is 14.3 Å². The Balaban J connectivity index is 1.89. The Labute approximate surface area is 195 Å². The number of pyridine rings is 1. The number of aromatic carboxylic acids is 1. The van der Waals surface area contributed by atoms with E-state index in [1.54, 1.807) is 13.0 Å². The van der Waals surface area contributed by atoms with Crippen molar-refractivity contribution >= 4 is 34.2 Å². The molecule has 0 aliphatic carbocycles. The van der Waals surface area contributed by atoms with Crippen molar-refractivity contribution in [3.63, 3.8) is 0 Å². The van der Waals surface area contributed by atoms with Crippen molar-refractivity contribution in [1.82, 2.24) is 4.98 Å². The first-order chi connectivity index (χ1) is 15.7. The highest BCUT2D eigenvalue weighted by molar-refractivity contribution is 6.29. The average Bonchev–Trinajstić information content (AvgIpc) is 2.77. The molecule has 1 unspecified atom stereocenters. The Morgan fingerprint density at radius 1 is 1.09 bits per heavy atom. The molecule has 2 heterocycles. The van der Waals surface area contributed by atoms with E-state index in [0.29, 0.717) is 28.0 Å². The van der Waals surface area contributed by atoms with E-state index in [2.05, 4.69) is 10.3 Å². The molecule has 6 nitrogen and oxygen atoms in total. The average molecular weight is 463 g/mol. The van der Waals surface area contributed by atoms with Gasteiger partial charge in [-0.15, -0.1) is 0 Å². The van der Waals surface area contributed by atoms with Gasteiger partial charge in [0.25, 0.3) is 0 Å². The van der Waals surface area contributed by atoms with Crippen LogP contribution in [0.5, 0.6) is 0 Å². The van der Waals surface area contributed by atoms with Gasteiger partial charge >= 0.3 is 5.97 Å². The Bertz CT molecular complexity index is 1460. The topological polar surface area (TPSA) is 92.4 Å². The van der Waals surface area contributed by atoms with Crippen LogP contribution < -0.4 is 10.7 Å². The van der Waals surface area contributed by atoms with Gasteiger partial charge in [0.1, 0.15) is 16.5 Å². The van der Waals surface area contributed by atoms with Crippen molar-refractivity contribution in [1.29, 1.82) is 0 Å². The summed E-state index contributed by atoms with van der Waals surface area (Å²) < 4.78 is 6.36. The Morgan fingerprint density at radius 2 is 1.85 bits per heavy atom. The number of nitrogens with one attached hydrogen (secondary N) is 1. The van der Waals surface area contributed by atoms with Crippen LogP contribution in [0.25, 0.3) is 22.3 Å². The third-order valence-corrected chi connectivity index (χ3v) is 5.79. The van der Waals surface area contributed by atoms with Crippen LogP contribution in [0, 0.1) is 20.8 Å². The maximum Gasteiger partial charge on any atom is 0.356 e. The van der Waals surface area contributed by atoms with Crippen molar-refractivity contribution in [2.75, 3.05) is 5.32 Å². The molecular formula is C26H23ClN2O4. The van der Waals surface area contributed by atoms with Gasteiger partial charge in [-0.05, 0) is 57.5 Å². The number of carboxylic acid groups (broad SMARTS) is 1. The van der Waals surface area contributed by atoms with E-state index in [1.807, 2.05) is 57.2 Å². The fourth-order valence-corrected chi connectivity index (χ4v) is 4.12. The van der Waals surface area contributed by atoms with Gasteiger partial charge < -0.3 is 14.8 Å². The number of fused-ring (bicyclic) bond motifs is 1. The molecule has 2 aromatic carbocycles. The van der Waals surface area contributed by atoms with Crippen LogP contribution in [0.1, 0.15) is 45.7 Å². The molecule has 0 bridgehead atoms. The summed E-state index contributed by atoms with van der Waals surface area (Å²) in [4.78, 5) is 28.9. The number of carbonyl (C=O) groups is 1. The summed E-state index contributed by atoms with van der Waals surface area (Å²) in [5.74, 6) is -0.668. The van der Waals surface area contributed by atoms with Gasteiger partial charge in [0.2, 0.25) is 0 Å². The highest BCUT2D eigenvalue weighted by Gasteiger charge is 2.21. The van der Waals surface area contributed by atoms with Crippen LogP contribution >= 0.6 is 11.6 Å². The van der Waals surface area contributed by atoms with Crippen molar-refractivity contribution in [2.24, 2.45) is 0 Å². The first-order valence-corrected chi connectivity index (χ1v) is 10.8. The van der Waals surface area contributed by atoms with Crippen LogP contribution in [0.4, 0.5) is 5.69 Å². The van der Waals surface area contributed by atoms with Gasteiger partial charge in [0.05, 0.1) is 17.1 Å². The molecule has 2 aromatic heterocycles. The smallest absolute Gasteiger partial charge is 0.356 e.